The van der Waals surface area contributed by atoms with Crippen LogP contribution in [0.1, 0.15) is 29.2 Å². The van der Waals surface area contributed by atoms with E-state index in [2.05, 4.69) is 15.5 Å². The van der Waals surface area contributed by atoms with E-state index < -0.39 is 22.0 Å². The van der Waals surface area contributed by atoms with Crippen LogP contribution in [0.2, 0.25) is 5.02 Å². The standard InChI is InChI=1S/C20H21ClN4O4S2/c1-11-18(12(2)29-24-11)31(27,28)25-10-4-5-16(25)19(26)23-20-22-17(13(3)30-20)14-6-8-15(21)9-7-14/h6-9,16H,4-5,10H2,1-3H3,(H,22,23,26)/t16-/m0/s1. The van der Waals surface area contributed by atoms with Gasteiger partial charge >= 0.3 is 0 Å². The van der Waals surface area contributed by atoms with E-state index in [9.17, 15) is 13.2 Å². The summed E-state index contributed by atoms with van der Waals surface area (Å²) in [5.41, 5.74) is 1.93. The summed E-state index contributed by atoms with van der Waals surface area (Å²) in [5.74, 6) is -0.184. The smallest absolute Gasteiger partial charge is 0.249 e. The molecular formula is C20H21ClN4O4S2. The highest BCUT2D eigenvalue weighted by molar-refractivity contribution is 7.89. The van der Waals surface area contributed by atoms with Gasteiger partial charge in [0.2, 0.25) is 15.9 Å². The summed E-state index contributed by atoms with van der Waals surface area (Å²) in [5, 5.41) is 7.60. The van der Waals surface area contributed by atoms with E-state index in [1.54, 1.807) is 26.0 Å². The number of halogens is 1. The van der Waals surface area contributed by atoms with Gasteiger partial charge in [-0.1, -0.05) is 28.9 Å². The third-order valence-electron chi connectivity index (χ3n) is 5.19. The van der Waals surface area contributed by atoms with Gasteiger partial charge in [0.1, 0.15) is 16.6 Å². The largest absolute Gasteiger partial charge is 0.360 e. The summed E-state index contributed by atoms with van der Waals surface area (Å²) in [6.07, 6.45) is 1.02. The van der Waals surface area contributed by atoms with Crippen LogP contribution in [-0.2, 0) is 14.8 Å². The Bertz CT molecular complexity index is 1220. The Labute approximate surface area is 189 Å². The molecule has 1 aliphatic rings. The van der Waals surface area contributed by atoms with Crippen LogP contribution in [0, 0.1) is 20.8 Å². The molecule has 3 aromatic rings. The van der Waals surface area contributed by atoms with Gasteiger partial charge in [0, 0.05) is 22.0 Å². The molecular weight excluding hydrogens is 460 g/mol. The first kappa shape index (κ1) is 21.9. The molecule has 0 spiro atoms. The van der Waals surface area contributed by atoms with Crippen molar-refractivity contribution in [2.75, 3.05) is 11.9 Å². The third-order valence-corrected chi connectivity index (χ3v) is 8.48. The van der Waals surface area contributed by atoms with Gasteiger partial charge < -0.3 is 9.84 Å². The first-order chi connectivity index (χ1) is 14.7. The molecule has 8 nitrogen and oxygen atoms in total. The molecule has 0 aliphatic carbocycles. The van der Waals surface area contributed by atoms with Gasteiger partial charge in [-0.2, -0.15) is 4.31 Å². The maximum Gasteiger partial charge on any atom is 0.249 e. The SMILES string of the molecule is Cc1noc(C)c1S(=O)(=O)N1CCC[C@H]1C(=O)Nc1nc(-c2ccc(Cl)cc2)c(C)s1. The number of amides is 1. The number of carbonyl (C=O) groups excluding carboxylic acids is 1. The van der Waals surface area contributed by atoms with Crippen LogP contribution in [0.25, 0.3) is 11.3 Å². The Kier molecular flexibility index (Phi) is 5.91. The summed E-state index contributed by atoms with van der Waals surface area (Å²) >= 11 is 7.30. The van der Waals surface area contributed by atoms with Crippen molar-refractivity contribution < 1.29 is 17.7 Å². The predicted octanol–water partition coefficient (Wildman–Crippen LogP) is 4.17. The van der Waals surface area contributed by atoms with Crippen molar-refractivity contribution in [2.45, 2.75) is 44.6 Å². The van der Waals surface area contributed by atoms with Crippen molar-refractivity contribution >= 4 is 44.0 Å². The number of hydrogen-bond donors (Lipinski definition) is 1. The zero-order valence-electron chi connectivity index (χ0n) is 17.2. The molecule has 1 saturated heterocycles. The van der Waals surface area contributed by atoms with Crippen LogP contribution >= 0.6 is 22.9 Å². The zero-order chi connectivity index (χ0) is 22.3. The van der Waals surface area contributed by atoms with Crippen molar-refractivity contribution in [2.24, 2.45) is 0 Å². The van der Waals surface area contributed by atoms with Gasteiger partial charge in [0.25, 0.3) is 0 Å². The van der Waals surface area contributed by atoms with E-state index in [0.717, 1.165) is 16.1 Å². The second kappa shape index (κ2) is 8.34. The molecule has 0 radical (unpaired) electrons. The highest BCUT2D eigenvalue weighted by atomic mass is 35.5. The molecule has 2 aromatic heterocycles. The van der Waals surface area contributed by atoms with Crippen LogP contribution < -0.4 is 5.32 Å². The van der Waals surface area contributed by atoms with Crippen molar-refractivity contribution in [3.8, 4) is 11.3 Å². The second-order valence-corrected chi connectivity index (χ2v) is 10.8. The molecule has 0 bridgehead atoms. The first-order valence-corrected chi connectivity index (χ1v) is 12.3. The van der Waals surface area contributed by atoms with Crippen molar-refractivity contribution in [1.82, 2.24) is 14.4 Å². The molecule has 1 atom stereocenters. The van der Waals surface area contributed by atoms with Crippen molar-refractivity contribution in [3.63, 3.8) is 0 Å². The fourth-order valence-electron chi connectivity index (χ4n) is 3.76. The summed E-state index contributed by atoms with van der Waals surface area (Å²) in [7, 11) is -3.91. The second-order valence-electron chi connectivity index (χ2n) is 7.35. The van der Waals surface area contributed by atoms with E-state index >= 15 is 0 Å². The normalized spacial score (nSPS) is 17.2. The minimum Gasteiger partial charge on any atom is -0.360 e. The lowest BCUT2D eigenvalue weighted by Crippen LogP contribution is -2.43. The van der Waals surface area contributed by atoms with Gasteiger partial charge in [0.05, 0.1) is 5.69 Å². The number of aryl methyl sites for hydroxylation is 3. The molecule has 31 heavy (non-hydrogen) atoms. The molecule has 1 aliphatic heterocycles. The number of nitrogens with one attached hydrogen (secondary N) is 1. The monoisotopic (exact) mass is 480 g/mol. The molecule has 1 aromatic carbocycles. The van der Waals surface area contributed by atoms with Crippen molar-refractivity contribution in [3.05, 3.63) is 45.6 Å². The quantitative estimate of drug-likeness (QED) is 0.587. The van der Waals surface area contributed by atoms with Crippen molar-refractivity contribution in [1.29, 1.82) is 0 Å². The molecule has 1 amide bonds. The Morgan fingerprint density at radius 2 is 1.97 bits per heavy atom. The van der Waals surface area contributed by atoms with Gasteiger partial charge in [-0.3, -0.25) is 4.79 Å². The van der Waals surface area contributed by atoms with Gasteiger partial charge in [-0.05, 0) is 45.7 Å². The van der Waals surface area contributed by atoms with E-state index in [1.807, 2.05) is 19.1 Å². The fraction of sp³-hybridized carbons (Fsp3) is 0.350. The number of benzene rings is 1. The number of sulfonamides is 1. The highest BCUT2D eigenvalue weighted by Crippen LogP contribution is 2.33. The molecule has 0 saturated carbocycles. The van der Waals surface area contributed by atoms with E-state index in [0.29, 0.717) is 23.0 Å². The number of hydrogen-bond acceptors (Lipinski definition) is 7. The number of carbonyl (C=O) groups is 1. The van der Waals surface area contributed by atoms with E-state index in [-0.39, 0.29) is 22.9 Å². The summed E-state index contributed by atoms with van der Waals surface area (Å²) < 4.78 is 32.7. The molecule has 0 unspecified atom stereocenters. The summed E-state index contributed by atoms with van der Waals surface area (Å²) in [4.78, 5) is 18.5. The molecule has 3 heterocycles. The lowest BCUT2D eigenvalue weighted by atomic mass is 10.1. The summed E-state index contributed by atoms with van der Waals surface area (Å²) in [6.45, 7) is 5.30. The van der Waals surface area contributed by atoms with Gasteiger partial charge in [-0.15, -0.1) is 11.3 Å². The van der Waals surface area contributed by atoms with E-state index in [1.165, 1.54) is 15.6 Å². The number of aromatic nitrogens is 2. The van der Waals surface area contributed by atoms with Gasteiger partial charge in [0.15, 0.2) is 10.9 Å². The number of nitrogens with zero attached hydrogens (tertiary/aromatic N) is 3. The van der Waals surface area contributed by atoms with E-state index in [4.69, 9.17) is 16.1 Å². The zero-order valence-corrected chi connectivity index (χ0v) is 19.6. The van der Waals surface area contributed by atoms with Crippen LogP contribution in [-0.4, -0.2) is 41.4 Å². The first-order valence-electron chi connectivity index (χ1n) is 9.67. The number of thiazole rings is 1. The average molecular weight is 481 g/mol. The Morgan fingerprint density at radius 3 is 2.61 bits per heavy atom. The predicted molar refractivity (Wildman–Crippen MR) is 119 cm³/mol. The maximum absolute atomic E-state index is 13.2. The molecule has 11 heteroatoms. The van der Waals surface area contributed by atoms with Crippen LogP contribution in [0.3, 0.4) is 0 Å². The highest BCUT2D eigenvalue weighted by Gasteiger charge is 2.42. The number of rotatable bonds is 5. The lowest BCUT2D eigenvalue weighted by Gasteiger charge is -2.22. The molecule has 1 fully saturated rings. The fourth-order valence-corrected chi connectivity index (χ4v) is 6.68. The Hall–Kier alpha value is -2.27. The van der Waals surface area contributed by atoms with Gasteiger partial charge in [-0.25, -0.2) is 13.4 Å². The minimum atomic E-state index is -3.91. The molecule has 164 valence electrons. The third kappa shape index (κ3) is 4.12. The minimum absolute atomic E-state index is 0.0299. The maximum atomic E-state index is 13.2. The number of anilines is 1. The van der Waals surface area contributed by atoms with Crippen LogP contribution in [0.5, 0.6) is 0 Å². The Balaban J connectivity index is 1.56. The van der Waals surface area contributed by atoms with Crippen LogP contribution in [0.4, 0.5) is 5.13 Å². The molecule has 4 rings (SSSR count). The van der Waals surface area contributed by atoms with Crippen LogP contribution in [0.15, 0.2) is 33.7 Å². The average Bonchev–Trinajstić information content (AvgIpc) is 3.42. The summed E-state index contributed by atoms with van der Waals surface area (Å²) in [6, 6.07) is 6.48. The molecule has 1 N–H and O–H groups in total. The lowest BCUT2D eigenvalue weighted by molar-refractivity contribution is -0.119. The Morgan fingerprint density at radius 1 is 1.26 bits per heavy atom. The topological polar surface area (TPSA) is 105 Å².